The first-order valence-electron chi connectivity index (χ1n) is 6.46. The van der Waals surface area contributed by atoms with E-state index in [4.69, 9.17) is 4.74 Å². The van der Waals surface area contributed by atoms with Crippen LogP contribution in [-0.4, -0.2) is 49.8 Å². The molecule has 0 radical (unpaired) electrons. The van der Waals surface area contributed by atoms with Crippen molar-refractivity contribution in [1.29, 1.82) is 0 Å². The van der Waals surface area contributed by atoms with Crippen LogP contribution in [0.15, 0.2) is 0 Å². The Morgan fingerprint density at radius 2 is 2.20 bits per heavy atom. The lowest BCUT2D eigenvalue weighted by atomic mass is 10.2. The highest BCUT2D eigenvalue weighted by Gasteiger charge is 2.21. The van der Waals surface area contributed by atoms with Gasteiger partial charge in [-0.3, -0.25) is 4.90 Å². The summed E-state index contributed by atoms with van der Waals surface area (Å²) in [7, 11) is 0. The summed E-state index contributed by atoms with van der Waals surface area (Å²) in [5.41, 5.74) is 0. The third-order valence-electron chi connectivity index (χ3n) is 3.37. The SMILES string of the molecule is CCN(CCNC1CC1)CC1CCCO1. The van der Waals surface area contributed by atoms with Gasteiger partial charge in [-0.2, -0.15) is 0 Å². The molecule has 1 aliphatic heterocycles. The fraction of sp³-hybridized carbons (Fsp3) is 1.00. The van der Waals surface area contributed by atoms with E-state index in [0.717, 1.165) is 32.3 Å². The van der Waals surface area contributed by atoms with Crippen molar-refractivity contribution < 1.29 is 4.74 Å². The number of rotatable bonds is 7. The van der Waals surface area contributed by atoms with Gasteiger partial charge < -0.3 is 10.1 Å². The molecule has 1 saturated carbocycles. The first kappa shape index (κ1) is 11.4. The Labute approximate surface area is 93.2 Å². The number of hydrogen-bond acceptors (Lipinski definition) is 3. The maximum atomic E-state index is 5.66. The molecule has 0 aromatic heterocycles. The van der Waals surface area contributed by atoms with Crippen LogP contribution >= 0.6 is 0 Å². The summed E-state index contributed by atoms with van der Waals surface area (Å²) in [5, 5.41) is 3.56. The van der Waals surface area contributed by atoms with E-state index in [1.807, 2.05) is 0 Å². The zero-order valence-electron chi connectivity index (χ0n) is 9.87. The molecule has 0 aromatic rings. The molecule has 1 unspecified atom stereocenters. The second-order valence-electron chi connectivity index (χ2n) is 4.76. The minimum atomic E-state index is 0.505. The predicted molar refractivity (Wildman–Crippen MR) is 62.1 cm³/mol. The normalized spacial score (nSPS) is 26.4. The maximum absolute atomic E-state index is 5.66. The van der Waals surface area contributed by atoms with E-state index in [0.29, 0.717) is 6.10 Å². The van der Waals surface area contributed by atoms with E-state index >= 15 is 0 Å². The molecule has 3 heteroatoms. The second-order valence-corrected chi connectivity index (χ2v) is 4.76. The summed E-state index contributed by atoms with van der Waals surface area (Å²) in [6.45, 7) is 7.81. The summed E-state index contributed by atoms with van der Waals surface area (Å²) in [6, 6.07) is 0.839. The number of hydrogen-bond donors (Lipinski definition) is 1. The van der Waals surface area contributed by atoms with E-state index in [1.54, 1.807) is 0 Å². The molecule has 2 rings (SSSR count). The topological polar surface area (TPSA) is 24.5 Å². The van der Waals surface area contributed by atoms with Gasteiger partial charge in [0, 0.05) is 32.3 Å². The average molecular weight is 212 g/mol. The molecule has 1 atom stereocenters. The van der Waals surface area contributed by atoms with Gasteiger partial charge in [0.15, 0.2) is 0 Å². The largest absolute Gasteiger partial charge is 0.377 e. The molecule has 1 heterocycles. The van der Waals surface area contributed by atoms with Crippen molar-refractivity contribution in [2.24, 2.45) is 0 Å². The Kier molecular flexibility index (Phi) is 4.42. The first-order chi connectivity index (χ1) is 7.38. The van der Waals surface area contributed by atoms with Gasteiger partial charge in [0.05, 0.1) is 6.10 Å². The van der Waals surface area contributed by atoms with Crippen molar-refractivity contribution in [3.05, 3.63) is 0 Å². The molecular weight excluding hydrogens is 188 g/mol. The lowest BCUT2D eigenvalue weighted by Crippen LogP contribution is -2.37. The van der Waals surface area contributed by atoms with Crippen LogP contribution in [0.2, 0.25) is 0 Å². The smallest absolute Gasteiger partial charge is 0.0702 e. The van der Waals surface area contributed by atoms with Gasteiger partial charge in [-0.1, -0.05) is 6.92 Å². The van der Waals surface area contributed by atoms with Crippen LogP contribution in [0, 0.1) is 0 Å². The van der Waals surface area contributed by atoms with E-state index < -0.39 is 0 Å². The molecule has 1 saturated heterocycles. The van der Waals surface area contributed by atoms with Gasteiger partial charge in [-0.15, -0.1) is 0 Å². The highest BCUT2D eigenvalue weighted by molar-refractivity contribution is 4.81. The number of ether oxygens (including phenoxy) is 1. The summed E-state index contributed by atoms with van der Waals surface area (Å²) >= 11 is 0. The molecule has 0 aromatic carbocycles. The van der Waals surface area contributed by atoms with Crippen LogP contribution in [-0.2, 0) is 4.74 Å². The third-order valence-corrected chi connectivity index (χ3v) is 3.37. The summed E-state index contributed by atoms with van der Waals surface area (Å²) in [6.07, 6.45) is 5.79. The maximum Gasteiger partial charge on any atom is 0.0702 e. The molecule has 88 valence electrons. The molecule has 15 heavy (non-hydrogen) atoms. The third kappa shape index (κ3) is 4.09. The summed E-state index contributed by atoms with van der Waals surface area (Å²) in [4.78, 5) is 2.51. The molecule has 1 aliphatic carbocycles. The van der Waals surface area contributed by atoms with Gasteiger partial charge >= 0.3 is 0 Å². The highest BCUT2D eigenvalue weighted by Crippen LogP contribution is 2.18. The Morgan fingerprint density at radius 3 is 2.80 bits per heavy atom. The minimum Gasteiger partial charge on any atom is -0.377 e. The molecule has 2 fully saturated rings. The first-order valence-corrected chi connectivity index (χ1v) is 6.46. The highest BCUT2D eigenvalue weighted by atomic mass is 16.5. The fourth-order valence-corrected chi connectivity index (χ4v) is 2.17. The molecule has 2 aliphatic rings. The molecule has 3 nitrogen and oxygen atoms in total. The number of likely N-dealkylation sites (N-methyl/N-ethyl adjacent to an activating group) is 1. The summed E-state index contributed by atoms with van der Waals surface area (Å²) in [5.74, 6) is 0. The Hall–Kier alpha value is -0.120. The van der Waals surface area contributed by atoms with Crippen molar-refractivity contribution in [2.75, 3.05) is 32.8 Å². The zero-order valence-corrected chi connectivity index (χ0v) is 9.87. The number of nitrogens with zero attached hydrogens (tertiary/aromatic N) is 1. The Morgan fingerprint density at radius 1 is 1.33 bits per heavy atom. The van der Waals surface area contributed by atoms with E-state index in [1.165, 1.54) is 32.2 Å². The standard InChI is InChI=1S/C12H24N2O/c1-2-14(8-7-13-11-5-6-11)10-12-4-3-9-15-12/h11-13H,2-10H2,1H3. The number of nitrogens with one attached hydrogen (secondary N) is 1. The average Bonchev–Trinajstić information content (AvgIpc) is 2.93. The lowest BCUT2D eigenvalue weighted by molar-refractivity contribution is 0.0751. The van der Waals surface area contributed by atoms with Crippen molar-refractivity contribution in [2.45, 2.75) is 44.8 Å². The van der Waals surface area contributed by atoms with Crippen LogP contribution in [0.25, 0.3) is 0 Å². The van der Waals surface area contributed by atoms with Gasteiger partial charge in [-0.05, 0) is 32.2 Å². The zero-order chi connectivity index (χ0) is 10.5. The van der Waals surface area contributed by atoms with E-state index in [9.17, 15) is 0 Å². The van der Waals surface area contributed by atoms with Crippen molar-refractivity contribution in [3.63, 3.8) is 0 Å². The monoisotopic (exact) mass is 212 g/mol. The quantitative estimate of drug-likeness (QED) is 0.687. The van der Waals surface area contributed by atoms with Gasteiger partial charge in [0.2, 0.25) is 0 Å². The predicted octanol–water partition coefficient (Wildman–Crippen LogP) is 1.24. The molecule has 0 bridgehead atoms. The van der Waals surface area contributed by atoms with Crippen LogP contribution in [0.5, 0.6) is 0 Å². The van der Waals surface area contributed by atoms with Gasteiger partial charge in [0.25, 0.3) is 0 Å². The van der Waals surface area contributed by atoms with Gasteiger partial charge in [0.1, 0.15) is 0 Å². The van der Waals surface area contributed by atoms with E-state index in [-0.39, 0.29) is 0 Å². The molecule has 0 amide bonds. The lowest BCUT2D eigenvalue weighted by Gasteiger charge is -2.23. The van der Waals surface area contributed by atoms with E-state index in [2.05, 4.69) is 17.1 Å². The molecule has 0 spiro atoms. The van der Waals surface area contributed by atoms with Crippen LogP contribution in [0.3, 0.4) is 0 Å². The van der Waals surface area contributed by atoms with Crippen molar-refractivity contribution >= 4 is 0 Å². The summed E-state index contributed by atoms with van der Waals surface area (Å²) < 4.78 is 5.66. The Balaban J connectivity index is 1.57. The van der Waals surface area contributed by atoms with Crippen molar-refractivity contribution in [1.82, 2.24) is 10.2 Å². The van der Waals surface area contributed by atoms with Gasteiger partial charge in [-0.25, -0.2) is 0 Å². The fourth-order valence-electron chi connectivity index (χ4n) is 2.17. The molecular formula is C12H24N2O. The second kappa shape index (κ2) is 5.83. The van der Waals surface area contributed by atoms with Crippen molar-refractivity contribution in [3.8, 4) is 0 Å². The van der Waals surface area contributed by atoms with Crippen LogP contribution in [0.4, 0.5) is 0 Å². The Bertz CT molecular complexity index is 176. The van der Waals surface area contributed by atoms with Crippen LogP contribution < -0.4 is 5.32 Å². The van der Waals surface area contributed by atoms with Crippen LogP contribution in [0.1, 0.15) is 32.6 Å². The molecule has 1 N–H and O–H groups in total. The minimum absolute atomic E-state index is 0.505.